The number of aliphatic imine (C=N–C) groups is 1. The number of ether oxygens (including phenoxy) is 1. The van der Waals surface area contributed by atoms with Crippen LogP contribution in [-0.2, 0) is 16.0 Å². The highest BCUT2D eigenvalue weighted by Crippen LogP contribution is 2.54. The Bertz CT molecular complexity index is 925. The number of amides is 1. The lowest BCUT2D eigenvalue weighted by Gasteiger charge is -2.37. The van der Waals surface area contributed by atoms with E-state index in [1.54, 1.807) is 4.58 Å². The zero-order valence-electron chi connectivity index (χ0n) is 21.0. The zero-order chi connectivity index (χ0) is 23.9. The maximum Gasteiger partial charge on any atom is 0.398 e. The SMILES string of the molecule is C=[N+](C(=O)C1(CCCCC)CCC1)c1ccc(CC2C(N)=NC(C)(CC(C)C)C23CO3)cc1. The van der Waals surface area contributed by atoms with E-state index in [0.717, 1.165) is 57.2 Å². The van der Waals surface area contributed by atoms with E-state index in [9.17, 15) is 4.79 Å². The Morgan fingerprint density at radius 2 is 1.94 bits per heavy atom. The van der Waals surface area contributed by atoms with E-state index in [-0.39, 0.29) is 28.4 Å². The number of nitrogens with zero attached hydrogens (tertiary/aromatic N) is 2. The molecule has 1 amide bonds. The number of epoxide rings is 1. The van der Waals surface area contributed by atoms with Gasteiger partial charge in [-0.25, -0.2) is 4.79 Å². The first-order valence-electron chi connectivity index (χ1n) is 12.9. The van der Waals surface area contributed by atoms with Crippen LogP contribution in [0.1, 0.15) is 84.6 Å². The smallest absolute Gasteiger partial charge is 0.387 e. The van der Waals surface area contributed by atoms with E-state index in [0.29, 0.717) is 11.8 Å². The van der Waals surface area contributed by atoms with Crippen LogP contribution in [0.5, 0.6) is 0 Å². The molecule has 180 valence electrons. The van der Waals surface area contributed by atoms with Crippen LogP contribution in [0.2, 0.25) is 0 Å². The van der Waals surface area contributed by atoms with Gasteiger partial charge in [-0.1, -0.05) is 58.6 Å². The second-order valence-electron chi connectivity index (χ2n) is 11.3. The highest BCUT2D eigenvalue weighted by molar-refractivity contribution is 5.88. The van der Waals surface area contributed by atoms with E-state index < -0.39 is 0 Å². The fourth-order valence-electron chi connectivity index (χ4n) is 6.28. The predicted molar refractivity (Wildman–Crippen MR) is 134 cm³/mol. The third-order valence-electron chi connectivity index (χ3n) is 8.42. The molecule has 1 aliphatic carbocycles. The number of nitrogens with two attached hydrogens (primary N) is 1. The van der Waals surface area contributed by atoms with Crippen molar-refractivity contribution in [2.45, 2.75) is 96.6 Å². The van der Waals surface area contributed by atoms with E-state index in [1.165, 1.54) is 18.4 Å². The molecule has 1 aromatic rings. The van der Waals surface area contributed by atoms with E-state index in [4.69, 9.17) is 15.5 Å². The zero-order valence-corrected chi connectivity index (χ0v) is 21.0. The van der Waals surface area contributed by atoms with Crippen LogP contribution in [0.15, 0.2) is 29.3 Å². The second-order valence-corrected chi connectivity index (χ2v) is 11.3. The van der Waals surface area contributed by atoms with Crippen molar-refractivity contribution in [2.75, 3.05) is 6.61 Å². The summed E-state index contributed by atoms with van der Waals surface area (Å²) in [6.07, 6.45) is 9.40. The summed E-state index contributed by atoms with van der Waals surface area (Å²) in [7, 11) is 0. The third-order valence-corrected chi connectivity index (χ3v) is 8.42. The van der Waals surface area contributed by atoms with Gasteiger partial charge >= 0.3 is 5.91 Å². The van der Waals surface area contributed by atoms with Crippen LogP contribution in [0, 0.1) is 17.3 Å². The number of carbonyl (C=O) groups is 1. The Balaban J connectivity index is 1.43. The van der Waals surface area contributed by atoms with E-state index >= 15 is 0 Å². The lowest BCUT2D eigenvalue weighted by molar-refractivity contribution is -0.374. The molecule has 0 aromatic heterocycles. The van der Waals surface area contributed by atoms with Gasteiger partial charge in [0.2, 0.25) is 5.69 Å². The van der Waals surface area contributed by atoms with Crippen LogP contribution in [-0.4, -0.2) is 40.8 Å². The quantitative estimate of drug-likeness (QED) is 0.223. The van der Waals surface area contributed by atoms with Crippen molar-refractivity contribution in [3.63, 3.8) is 0 Å². The van der Waals surface area contributed by atoms with Gasteiger partial charge < -0.3 is 10.5 Å². The van der Waals surface area contributed by atoms with Crippen molar-refractivity contribution in [3.05, 3.63) is 29.8 Å². The lowest BCUT2D eigenvalue weighted by atomic mass is 9.65. The minimum Gasteiger partial charge on any atom is -0.387 e. The van der Waals surface area contributed by atoms with Crippen molar-refractivity contribution < 1.29 is 14.1 Å². The van der Waals surface area contributed by atoms with Gasteiger partial charge in [-0.2, -0.15) is 0 Å². The minimum absolute atomic E-state index is 0.0985. The molecule has 1 saturated heterocycles. The molecule has 2 heterocycles. The summed E-state index contributed by atoms with van der Waals surface area (Å²) in [6.45, 7) is 13.7. The van der Waals surface area contributed by atoms with E-state index in [2.05, 4.69) is 46.5 Å². The summed E-state index contributed by atoms with van der Waals surface area (Å²) >= 11 is 0. The molecule has 5 nitrogen and oxygen atoms in total. The van der Waals surface area contributed by atoms with Gasteiger partial charge in [0.25, 0.3) is 0 Å². The monoisotopic (exact) mass is 452 g/mol. The molecule has 4 rings (SSSR count). The standard InChI is InChI=1S/C28H42N3O2/c1-6-7-8-14-27(15-9-16-27)25(32)31(5)22-12-10-21(11-13-22)17-23-24(29)30-26(4,18-20(2)3)28(23)19-33-28/h10-13,20,23H,5-9,14-19H2,1-4H3,(H2,29,30)/q+1. The topological polar surface area (TPSA) is 71.0 Å². The largest absolute Gasteiger partial charge is 0.398 e. The molecular formula is C28H42N3O2+. The van der Waals surface area contributed by atoms with Gasteiger partial charge in [0.1, 0.15) is 18.2 Å². The second kappa shape index (κ2) is 8.98. The molecule has 3 atom stereocenters. The first-order valence-corrected chi connectivity index (χ1v) is 12.9. The van der Waals surface area contributed by atoms with Crippen LogP contribution >= 0.6 is 0 Å². The van der Waals surface area contributed by atoms with Crippen LogP contribution in [0.3, 0.4) is 0 Å². The van der Waals surface area contributed by atoms with Crippen LogP contribution in [0.4, 0.5) is 5.69 Å². The van der Waals surface area contributed by atoms with Gasteiger partial charge in [-0.15, -0.1) is 4.58 Å². The summed E-state index contributed by atoms with van der Waals surface area (Å²) in [5, 5.41) is 0. The molecule has 1 aromatic carbocycles. The Hall–Kier alpha value is -2.01. The number of hydrogen-bond donors (Lipinski definition) is 1. The number of amidine groups is 1. The third kappa shape index (κ3) is 4.29. The molecular weight excluding hydrogens is 410 g/mol. The van der Waals surface area contributed by atoms with Crippen LogP contribution in [0.25, 0.3) is 0 Å². The number of benzene rings is 1. The summed E-state index contributed by atoms with van der Waals surface area (Å²) in [5.41, 5.74) is 7.78. The average Bonchev–Trinajstić information content (AvgIpc) is 3.52. The summed E-state index contributed by atoms with van der Waals surface area (Å²) in [6, 6.07) is 8.25. The highest BCUT2D eigenvalue weighted by atomic mass is 16.6. The normalized spacial score (nSPS) is 29.7. The Morgan fingerprint density at radius 3 is 2.45 bits per heavy atom. The molecule has 5 heteroatoms. The summed E-state index contributed by atoms with van der Waals surface area (Å²) in [5.74, 6) is 1.53. The van der Waals surface area contributed by atoms with E-state index in [1.807, 2.05) is 12.1 Å². The molecule has 3 unspecified atom stereocenters. The van der Waals surface area contributed by atoms with Gasteiger partial charge in [-0.05, 0) is 50.5 Å². The van der Waals surface area contributed by atoms with Crippen molar-refractivity contribution in [2.24, 2.45) is 28.0 Å². The molecule has 3 aliphatic rings. The maximum atomic E-state index is 13.3. The maximum absolute atomic E-state index is 13.3. The minimum atomic E-state index is -0.260. The summed E-state index contributed by atoms with van der Waals surface area (Å²) < 4.78 is 7.69. The summed E-state index contributed by atoms with van der Waals surface area (Å²) in [4.78, 5) is 18.2. The Labute approximate surface area is 199 Å². The van der Waals surface area contributed by atoms with Gasteiger partial charge in [0.05, 0.1) is 23.5 Å². The van der Waals surface area contributed by atoms with Crippen molar-refractivity contribution in [1.82, 2.24) is 0 Å². The molecule has 2 fully saturated rings. The molecule has 1 saturated carbocycles. The fraction of sp³-hybridized carbons (Fsp3) is 0.679. The molecule has 2 aliphatic heterocycles. The molecule has 0 radical (unpaired) electrons. The van der Waals surface area contributed by atoms with Crippen molar-refractivity contribution in [1.29, 1.82) is 0 Å². The van der Waals surface area contributed by atoms with Gasteiger partial charge in [0.15, 0.2) is 0 Å². The Kier molecular flexibility index (Phi) is 6.56. The predicted octanol–water partition coefficient (Wildman–Crippen LogP) is 5.41. The number of hydrogen-bond acceptors (Lipinski definition) is 4. The van der Waals surface area contributed by atoms with Crippen molar-refractivity contribution >= 4 is 24.1 Å². The van der Waals surface area contributed by atoms with Crippen LogP contribution < -0.4 is 5.73 Å². The highest BCUT2D eigenvalue weighted by Gasteiger charge is 2.68. The fourth-order valence-corrected chi connectivity index (χ4v) is 6.28. The first kappa shape index (κ1) is 24.1. The molecule has 0 bridgehead atoms. The van der Waals surface area contributed by atoms with Gasteiger partial charge in [-0.3, -0.25) is 4.99 Å². The van der Waals surface area contributed by atoms with Gasteiger partial charge in [0, 0.05) is 12.1 Å². The number of carbonyl (C=O) groups excluding carboxylic acids is 1. The lowest BCUT2D eigenvalue weighted by Crippen LogP contribution is -2.45. The molecule has 1 spiro atoms. The number of unbranched alkanes of at least 4 members (excludes halogenated alkanes) is 2. The average molecular weight is 453 g/mol. The number of rotatable bonds is 10. The molecule has 33 heavy (non-hydrogen) atoms. The Morgan fingerprint density at radius 1 is 1.27 bits per heavy atom. The van der Waals surface area contributed by atoms with Crippen molar-refractivity contribution in [3.8, 4) is 0 Å². The molecule has 2 N–H and O–H groups in total. The first-order chi connectivity index (χ1) is 15.7.